The number of hydrogen-bond donors (Lipinski definition) is 2. The number of carbonyl (C=O) groups excluding carboxylic acids is 3. The lowest BCUT2D eigenvalue weighted by Crippen LogP contribution is -2.50. The normalized spacial score (nSPS) is 13.7. The molecule has 3 heterocycles. The Morgan fingerprint density at radius 3 is 2.46 bits per heavy atom. The van der Waals surface area contributed by atoms with E-state index in [4.69, 9.17) is 16.3 Å². The Hall–Kier alpha value is -3.70. The molecule has 2 N–H and O–H groups in total. The average Bonchev–Trinajstić information content (AvgIpc) is 3.35. The number of aromatic nitrogens is 2. The SMILES string of the molecule is CC(C)(C)OC(=O)N1CCN(c2nc(C(=O)Nc3cccc(C(=O)Nc4ccc(Cl)cn4)c3)cs2)CC1. The lowest BCUT2D eigenvalue weighted by atomic mass is 10.2. The predicted octanol–water partition coefficient (Wildman–Crippen LogP) is 4.75. The van der Waals surface area contributed by atoms with Gasteiger partial charge >= 0.3 is 6.09 Å². The number of piperazine rings is 1. The summed E-state index contributed by atoms with van der Waals surface area (Å²) in [5.74, 6) is -0.384. The number of carbonyl (C=O) groups is 3. The van der Waals surface area contributed by atoms with Crippen molar-refractivity contribution in [3.8, 4) is 0 Å². The van der Waals surface area contributed by atoms with Crippen LogP contribution < -0.4 is 15.5 Å². The van der Waals surface area contributed by atoms with E-state index in [1.165, 1.54) is 17.5 Å². The molecule has 3 amide bonds. The van der Waals surface area contributed by atoms with Gasteiger partial charge in [0.05, 0.1) is 5.02 Å². The highest BCUT2D eigenvalue weighted by Gasteiger charge is 2.27. The van der Waals surface area contributed by atoms with Gasteiger partial charge in [0.15, 0.2) is 5.13 Å². The summed E-state index contributed by atoms with van der Waals surface area (Å²) in [5.41, 5.74) is 0.552. The number of pyridine rings is 1. The molecule has 10 nitrogen and oxygen atoms in total. The maximum absolute atomic E-state index is 12.8. The maximum Gasteiger partial charge on any atom is 0.410 e. The number of nitrogens with zero attached hydrogens (tertiary/aromatic N) is 4. The van der Waals surface area contributed by atoms with Crippen LogP contribution in [0.5, 0.6) is 0 Å². The summed E-state index contributed by atoms with van der Waals surface area (Å²) in [7, 11) is 0. The molecule has 0 radical (unpaired) electrons. The van der Waals surface area contributed by atoms with Crippen molar-refractivity contribution in [3.05, 3.63) is 64.3 Å². The van der Waals surface area contributed by atoms with E-state index in [1.807, 2.05) is 25.7 Å². The van der Waals surface area contributed by atoms with Crippen molar-refractivity contribution in [2.45, 2.75) is 26.4 Å². The van der Waals surface area contributed by atoms with Crippen molar-refractivity contribution in [2.24, 2.45) is 0 Å². The summed E-state index contributed by atoms with van der Waals surface area (Å²) in [4.78, 5) is 49.9. The largest absolute Gasteiger partial charge is 0.444 e. The highest BCUT2D eigenvalue weighted by molar-refractivity contribution is 7.14. The Labute approximate surface area is 223 Å². The Morgan fingerprint density at radius 1 is 1.03 bits per heavy atom. The fourth-order valence-electron chi connectivity index (χ4n) is 3.49. The van der Waals surface area contributed by atoms with Gasteiger partial charge in [-0.1, -0.05) is 17.7 Å². The zero-order chi connectivity index (χ0) is 26.6. The van der Waals surface area contributed by atoms with Crippen molar-refractivity contribution >= 4 is 57.5 Å². The number of benzene rings is 1. The number of halogens is 1. The fraction of sp³-hybridized carbons (Fsp3) is 0.320. The van der Waals surface area contributed by atoms with Gasteiger partial charge in [0.2, 0.25) is 0 Å². The van der Waals surface area contributed by atoms with E-state index in [-0.39, 0.29) is 23.6 Å². The van der Waals surface area contributed by atoms with Gasteiger partial charge in [-0.25, -0.2) is 14.8 Å². The summed E-state index contributed by atoms with van der Waals surface area (Å²) in [5, 5.41) is 8.34. The van der Waals surface area contributed by atoms with Crippen molar-refractivity contribution in [1.82, 2.24) is 14.9 Å². The molecule has 12 heteroatoms. The summed E-state index contributed by atoms with van der Waals surface area (Å²) in [6.45, 7) is 7.72. The molecule has 3 aromatic rings. The minimum Gasteiger partial charge on any atom is -0.444 e. The van der Waals surface area contributed by atoms with Gasteiger partial charge in [-0.15, -0.1) is 11.3 Å². The van der Waals surface area contributed by atoms with E-state index >= 15 is 0 Å². The van der Waals surface area contributed by atoms with E-state index in [0.29, 0.717) is 53.4 Å². The van der Waals surface area contributed by atoms with Crippen molar-refractivity contribution < 1.29 is 19.1 Å². The Morgan fingerprint density at radius 2 is 1.78 bits per heavy atom. The fourth-order valence-corrected chi connectivity index (χ4v) is 4.46. The van der Waals surface area contributed by atoms with Gasteiger partial charge < -0.3 is 25.2 Å². The monoisotopic (exact) mass is 542 g/mol. The highest BCUT2D eigenvalue weighted by Crippen LogP contribution is 2.23. The number of rotatable bonds is 5. The summed E-state index contributed by atoms with van der Waals surface area (Å²) in [6, 6.07) is 9.81. The molecule has 194 valence electrons. The molecule has 0 unspecified atom stereocenters. The minimum atomic E-state index is -0.539. The second-order valence-corrected chi connectivity index (χ2v) is 10.6. The third-order valence-electron chi connectivity index (χ3n) is 5.28. The molecule has 0 saturated carbocycles. The molecule has 0 aliphatic carbocycles. The molecule has 0 atom stereocenters. The molecule has 1 fully saturated rings. The van der Waals surface area contributed by atoms with Crippen LogP contribution in [0.2, 0.25) is 5.02 Å². The molecule has 1 aromatic carbocycles. The van der Waals surface area contributed by atoms with Crippen LogP contribution in [-0.2, 0) is 4.74 Å². The van der Waals surface area contributed by atoms with Gasteiger partial charge in [0.25, 0.3) is 11.8 Å². The smallest absolute Gasteiger partial charge is 0.410 e. The van der Waals surface area contributed by atoms with E-state index in [0.717, 1.165) is 0 Å². The zero-order valence-electron chi connectivity index (χ0n) is 20.7. The predicted molar refractivity (Wildman–Crippen MR) is 144 cm³/mol. The standard InChI is InChI=1S/C25H27ClN6O4S/c1-25(2,3)36-24(35)32-11-9-31(10-12-32)23-29-19(15-37-23)22(34)28-18-6-4-5-16(13-18)21(33)30-20-8-7-17(26)14-27-20/h4-8,13-15H,9-12H2,1-3H3,(H,28,34)(H,27,30,33). The van der Waals surface area contributed by atoms with Crippen molar-refractivity contribution in [2.75, 3.05) is 41.7 Å². The molecule has 1 saturated heterocycles. The number of ether oxygens (including phenoxy) is 1. The van der Waals surface area contributed by atoms with Gasteiger partial charge in [-0.05, 0) is 51.1 Å². The van der Waals surface area contributed by atoms with Gasteiger partial charge in [0.1, 0.15) is 17.1 Å². The van der Waals surface area contributed by atoms with Crippen LogP contribution in [0.25, 0.3) is 0 Å². The number of amides is 3. The van der Waals surface area contributed by atoms with Crippen LogP contribution in [0.1, 0.15) is 41.6 Å². The number of nitrogens with one attached hydrogen (secondary N) is 2. The summed E-state index contributed by atoms with van der Waals surface area (Å²) >= 11 is 7.19. The number of thiazole rings is 1. The van der Waals surface area contributed by atoms with Crippen LogP contribution in [0.4, 0.5) is 21.4 Å². The van der Waals surface area contributed by atoms with Gasteiger partial charge in [-0.2, -0.15) is 0 Å². The van der Waals surface area contributed by atoms with E-state index in [2.05, 4.69) is 20.6 Å². The van der Waals surface area contributed by atoms with Gasteiger partial charge in [0, 0.05) is 49.0 Å². The summed E-state index contributed by atoms with van der Waals surface area (Å²) < 4.78 is 5.44. The van der Waals surface area contributed by atoms with E-state index in [1.54, 1.807) is 46.7 Å². The second kappa shape index (κ2) is 11.1. The highest BCUT2D eigenvalue weighted by atomic mass is 35.5. The number of anilines is 3. The zero-order valence-corrected chi connectivity index (χ0v) is 22.2. The first-order chi connectivity index (χ1) is 17.6. The third kappa shape index (κ3) is 7.17. The molecule has 2 aromatic heterocycles. The Balaban J connectivity index is 1.33. The van der Waals surface area contributed by atoms with Crippen molar-refractivity contribution in [3.63, 3.8) is 0 Å². The first kappa shape index (κ1) is 26.4. The first-order valence-corrected chi connectivity index (χ1v) is 12.9. The number of hydrogen-bond acceptors (Lipinski definition) is 8. The molecule has 0 spiro atoms. The Bertz CT molecular complexity index is 1280. The van der Waals surface area contributed by atoms with Crippen LogP contribution in [0.15, 0.2) is 48.0 Å². The topological polar surface area (TPSA) is 117 Å². The van der Waals surface area contributed by atoms with Crippen LogP contribution in [-0.4, -0.2) is 64.6 Å². The van der Waals surface area contributed by atoms with Gasteiger partial charge in [-0.3, -0.25) is 9.59 Å². The molecule has 4 rings (SSSR count). The van der Waals surface area contributed by atoms with Crippen LogP contribution >= 0.6 is 22.9 Å². The van der Waals surface area contributed by atoms with E-state index < -0.39 is 5.60 Å². The Kier molecular flexibility index (Phi) is 7.94. The quantitative estimate of drug-likeness (QED) is 0.477. The molecule has 1 aliphatic heterocycles. The second-order valence-electron chi connectivity index (χ2n) is 9.32. The minimum absolute atomic E-state index is 0.273. The van der Waals surface area contributed by atoms with Crippen LogP contribution in [0, 0.1) is 0 Å². The molecule has 1 aliphatic rings. The molecular formula is C25H27ClN6O4S. The van der Waals surface area contributed by atoms with E-state index in [9.17, 15) is 14.4 Å². The van der Waals surface area contributed by atoms with Crippen molar-refractivity contribution in [1.29, 1.82) is 0 Å². The summed E-state index contributed by atoms with van der Waals surface area (Å²) in [6.07, 6.45) is 1.11. The molecule has 0 bridgehead atoms. The lowest BCUT2D eigenvalue weighted by Gasteiger charge is -2.35. The first-order valence-electron chi connectivity index (χ1n) is 11.6. The third-order valence-corrected chi connectivity index (χ3v) is 6.40. The lowest BCUT2D eigenvalue weighted by molar-refractivity contribution is 0.0240. The average molecular weight is 543 g/mol. The molecular weight excluding hydrogens is 516 g/mol. The molecule has 37 heavy (non-hydrogen) atoms. The maximum atomic E-state index is 12.8. The van der Waals surface area contributed by atoms with Crippen LogP contribution in [0.3, 0.4) is 0 Å².